The van der Waals surface area contributed by atoms with E-state index in [-0.39, 0.29) is 18.0 Å². The Balaban J connectivity index is 2.04. The number of thioether (sulfide) groups is 1. The zero-order valence-corrected chi connectivity index (χ0v) is 14.5. The highest BCUT2D eigenvalue weighted by Crippen LogP contribution is 2.36. The summed E-state index contributed by atoms with van der Waals surface area (Å²) in [7, 11) is 0. The second-order valence-corrected chi connectivity index (χ2v) is 7.27. The monoisotopic (exact) mass is 362 g/mol. The van der Waals surface area contributed by atoms with Crippen molar-refractivity contribution in [2.75, 3.05) is 12.4 Å². The van der Waals surface area contributed by atoms with Gasteiger partial charge in [0.1, 0.15) is 10.6 Å². The highest BCUT2D eigenvalue weighted by Gasteiger charge is 2.16. The quantitative estimate of drug-likeness (QED) is 0.412. The number of aliphatic hydroxyl groups is 1. The summed E-state index contributed by atoms with van der Waals surface area (Å²) < 4.78 is 13.1. The van der Waals surface area contributed by atoms with Gasteiger partial charge in [0.2, 0.25) is 0 Å². The Kier molecular flexibility index (Phi) is 5.13. The largest absolute Gasteiger partial charge is 0.392 e. The van der Waals surface area contributed by atoms with Gasteiger partial charge in [-0.15, -0.1) is 11.3 Å². The minimum atomic E-state index is -0.308. The molecule has 0 spiro atoms. The molecule has 3 aromatic rings. The fourth-order valence-electron chi connectivity index (χ4n) is 2.40. The number of aliphatic hydroxyl groups excluding tert-OH is 1. The van der Waals surface area contributed by atoms with Crippen LogP contribution in [0.2, 0.25) is 0 Å². The number of fused-ring (bicyclic) bond motifs is 1. The van der Waals surface area contributed by atoms with Crippen molar-refractivity contribution < 1.29 is 9.50 Å². The van der Waals surface area contributed by atoms with Crippen LogP contribution in [0.5, 0.6) is 0 Å². The van der Waals surface area contributed by atoms with E-state index in [9.17, 15) is 9.18 Å². The molecule has 0 aliphatic carbocycles. The highest BCUT2D eigenvalue weighted by atomic mass is 32.2. The number of aryl methyl sites for hydroxylation is 1. The molecule has 0 saturated heterocycles. The number of rotatable bonds is 5. The van der Waals surface area contributed by atoms with Crippen molar-refractivity contribution in [2.24, 2.45) is 0 Å². The average Bonchev–Trinajstić information content (AvgIpc) is 2.89. The van der Waals surface area contributed by atoms with Gasteiger partial charge >= 0.3 is 0 Å². The van der Waals surface area contributed by atoms with E-state index in [2.05, 4.69) is 9.97 Å². The van der Waals surface area contributed by atoms with Crippen molar-refractivity contribution in [1.82, 2.24) is 9.97 Å². The lowest BCUT2D eigenvalue weighted by Gasteiger charge is -2.02. The van der Waals surface area contributed by atoms with Crippen molar-refractivity contribution in [2.45, 2.75) is 12.1 Å². The van der Waals surface area contributed by atoms with Crippen LogP contribution in [0.15, 0.2) is 46.4 Å². The van der Waals surface area contributed by atoms with Crippen molar-refractivity contribution >= 4 is 33.3 Å². The number of hydrogen-bond acceptors (Lipinski definition) is 5. The SMILES string of the molecule is Cc1sc2nc(SC/C=C/CO)[nH]c(=O)c2c1-c1ccc(F)cc1. The van der Waals surface area contributed by atoms with Crippen molar-refractivity contribution in [3.63, 3.8) is 0 Å². The summed E-state index contributed by atoms with van der Waals surface area (Å²) >= 11 is 2.85. The predicted octanol–water partition coefficient (Wildman–Crippen LogP) is 3.74. The number of halogens is 1. The van der Waals surface area contributed by atoms with Gasteiger partial charge in [-0.3, -0.25) is 4.79 Å². The molecule has 0 unspecified atom stereocenters. The number of benzene rings is 1. The van der Waals surface area contributed by atoms with Gasteiger partial charge in [-0.1, -0.05) is 36.0 Å². The zero-order chi connectivity index (χ0) is 17.1. The molecule has 0 radical (unpaired) electrons. The Hall–Kier alpha value is -1.96. The molecule has 2 heterocycles. The molecule has 0 bridgehead atoms. The van der Waals surface area contributed by atoms with Gasteiger partial charge in [-0.05, 0) is 24.6 Å². The molecule has 0 aliphatic rings. The number of H-pyrrole nitrogens is 1. The Bertz CT molecular complexity index is 946. The standard InChI is InChI=1S/C17H15FN2O2S2/c1-10-13(11-4-6-12(18)7-5-11)14-15(22)19-17(20-16(14)24-10)23-9-3-2-8-21/h2-7,21H,8-9H2,1H3,(H,19,20,22)/b3-2+. The third kappa shape index (κ3) is 3.43. The summed E-state index contributed by atoms with van der Waals surface area (Å²) in [5.41, 5.74) is 1.41. The average molecular weight is 362 g/mol. The summed E-state index contributed by atoms with van der Waals surface area (Å²) in [6.07, 6.45) is 3.46. The van der Waals surface area contributed by atoms with Gasteiger partial charge in [0.15, 0.2) is 5.16 Å². The number of aromatic nitrogens is 2. The topological polar surface area (TPSA) is 66.0 Å². The summed E-state index contributed by atoms with van der Waals surface area (Å²) in [4.78, 5) is 21.5. The molecular formula is C17H15FN2O2S2. The lowest BCUT2D eigenvalue weighted by Crippen LogP contribution is -2.08. The molecule has 7 heteroatoms. The van der Waals surface area contributed by atoms with Crippen LogP contribution in [-0.2, 0) is 0 Å². The molecule has 124 valence electrons. The highest BCUT2D eigenvalue weighted by molar-refractivity contribution is 7.99. The van der Waals surface area contributed by atoms with Gasteiger partial charge < -0.3 is 10.1 Å². The first-order valence-corrected chi connectivity index (χ1v) is 9.08. The maximum atomic E-state index is 13.1. The maximum Gasteiger partial charge on any atom is 0.260 e. The second kappa shape index (κ2) is 7.29. The van der Waals surface area contributed by atoms with Gasteiger partial charge in [-0.25, -0.2) is 9.37 Å². The molecule has 0 fully saturated rings. The van der Waals surface area contributed by atoms with Crippen LogP contribution in [0.3, 0.4) is 0 Å². The summed E-state index contributed by atoms with van der Waals surface area (Å²) in [6, 6.07) is 6.12. The molecular weight excluding hydrogens is 347 g/mol. The van der Waals surface area contributed by atoms with Crippen LogP contribution in [-0.4, -0.2) is 27.4 Å². The molecule has 0 saturated carbocycles. The number of thiophene rings is 1. The van der Waals surface area contributed by atoms with E-state index < -0.39 is 0 Å². The first-order valence-electron chi connectivity index (χ1n) is 7.28. The molecule has 1 aromatic carbocycles. The second-order valence-electron chi connectivity index (χ2n) is 5.06. The third-order valence-electron chi connectivity index (χ3n) is 3.44. The zero-order valence-electron chi connectivity index (χ0n) is 12.9. The smallest absolute Gasteiger partial charge is 0.260 e. The Morgan fingerprint density at radius 3 is 2.79 bits per heavy atom. The molecule has 2 aromatic heterocycles. The maximum absolute atomic E-state index is 13.1. The third-order valence-corrected chi connectivity index (χ3v) is 5.26. The van der Waals surface area contributed by atoms with E-state index in [0.717, 1.165) is 16.0 Å². The van der Waals surface area contributed by atoms with E-state index >= 15 is 0 Å². The lowest BCUT2D eigenvalue weighted by molar-refractivity contribution is 0.342. The predicted molar refractivity (Wildman–Crippen MR) is 97.3 cm³/mol. The van der Waals surface area contributed by atoms with Gasteiger partial charge in [0, 0.05) is 16.2 Å². The Morgan fingerprint density at radius 1 is 1.33 bits per heavy atom. The van der Waals surface area contributed by atoms with E-state index in [1.54, 1.807) is 18.2 Å². The van der Waals surface area contributed by atoms with Crippen LogP contribution in [0, 0.1) is 12.7 Å². The van der Waals surface area contributed by atoms with E-state index in [0.29, 0.717) is 21.1 Å². The summed E-state index contributed by atoms with van der Waals surface area (Å²) in [5, 5.41) is 9.80. The number of nitrogens with zero attached hydrogens (tertiary/aromatic N) is 1. The van der Waals surface area contributed by atoms with Crippen LogP contribution in [0.4, 0.5) is 4.39 Å². The first kappa shape index (κ1) is 16.9. The normalized spacial score (nSPS) is 11.6. The molecule has 0 atom stereocenters. The number of aromatic amines is 1. The number of hydrogen-bond donors (Lipinski definition) is 2. The molecule has 4 nitrogen and oxygen atoms in total. The fraction of sp³-hybridized carbons (Fsp3) is 0.176. The Morgan fingerprint density at radius 2 is 2.08 bits per heavy atom. The molecule has 24 heavy (non-hydrogen) atoms. The van der Waals surface area contributed by atoms with E-state index in [4.69, 9.17) is 5.11 Å². The van der Waals surface area contributed by atoms with Gasteiger partial charge in [-0.2, -0.15) is 0 Å². The van der Waals surface area contributed by atoms with Crippen molar-refractivity contribution in [3.8, 4) is 11.1 Å². The first-order chi connectivity index (χ1) is 11.6. The summed E-state index contributed by atoms with van der Waals surface area (Å²) in [5.74, 6) is 0.307. The minimum absolute atomic E-state index is 0.00527. The van der Waals surface area contributed by atoms with Crippen LogP contribution in [0.25, 0.3) is 21.3 Å². The van der Waals surface area contributed by atoms with Gasteiger partial charge in [0.05, 0.1) is 12.0 Å². The Labute approximate surface area is 146 Å². The fourth-order valence-corrected chi connectivity index (χ4v) is 4.22. The summed E-state index contributed by atoms with van der Waals surface area (Å²) in [6.45, 7) is 1.93. The van der Waals surface area contributed by atoms with Crippen LogP contribution in [0.1, 0.15) is 4.88 Å². The van der Waals surface area contributed by atoms with E-state index in [1.807, 2.05) is 13.0 Å². The molecule has 3 rings (SSSR count). The minimum Gasteiger partial charge on any atom is -0.392 e. The molecule has 0 aliphatic heterocycles. The van der Waals surface area contributed by atoms with Crippen molar-refractivity contribution in [3.05, 3.63) is 57.5 Å². The van der Waals surface area contributed by atoms with Crippen molar-refractivity contribution in [1.29, 1.82) is 0 Å². The van der Waals surface area contributed by atoms with Gasteiger partial charge in [0.25, 0.3) is 5.56 Å². The number of nitrogens with one attached hydrogen (secondary N) is 1. The van der Waals surface area contributed by atoms with Crippen LogP contribution >= 0.6 is 23.1 Å². The molecule has 0 amide bonds. The van der Waals surface area contributed by atoms with E-state index in [1.165, 1.54) is 35.2 Å². The van der Waals surface area contributed by atoms with Crippen LogP contribution < -0.4 is 5.56 Å². The molecule has 2 N–H and O–H groups in total. The lowest BCUT2D eigenvalue weighted by atomic mass is 10.0.